The second-order valence-electron chi connectivity index (χ2n) is 15.9. The molecule has 0 aromatic carbocycles. The molecule has 0 fully saturated rings. The van der Waals surface area contributed by atoms with Gasteiger partial charge < -0.3 is 33.3 Å². The van der Waals surface area contributed by atoms with Crippen LogP contribution in [0.3, 0.4) is 0 Å². The number of nitrogens with zero attached hydrogens (tertiary/aromatic N) is 1. The maximum atomic E-state index is 12.8. The zero-order valence-corrected chi connectivity index (χ0v) is 38.7. The molecule has 61 heavy (non-hydrogen) atoms. The monoisotopic (exact) mass is 850 g/mol. The van der Waals surface area contributed by atoms with E-state index in [-0.39, 0.29) is 32.7 Å². The van der Waals surface area contributed by atoms with Crippen molar-refractivity contribution in [3.8, 4) is 0 Å². The van der Waals surface area contributed by atoms with Crippen molar-refractivity contribution in [2.24, 2.45) is 0 Å². The Morgan fingerprint density at radius 1 is 0.492 bits per heavy atom. The Labute approximate surface area is 371 Å². The Bertz CT molecular complexity index is 1360. The SMILES string of the molecule is CC/C=C\C/C=C\C/C=C\C/C=C\C/C=C\C/C=C\CCCCC(=O)OC(COC(=O)CCCCCCC/C=C\C/C=C\C/C=C\CC)COC(OCC[N+](C)(C)C)C(=O)[O-]. The number of rotatable bonds is 40. The van der Waals surface area contributed by atoms with Gasteiger partial charge in [0.15, 0.2) is 12.4 Å². The number of aliphatic carboxylic acids is 1. The Morgan fingerprint density at radius 3 is 1.34 bits per heavy atom. The third-order valence-electron chi connectivity index (χ3n) is 9.02. The summed E-state index contributed by atoms with van der Waals surface area (Å²) in [5.41, 5.74) is 0. The van der Waals surface area contributed by atoms with Crippen LogP contribution in [0.15, 0.2) is 109 Å². The number of carbonyl (C=O) groups is 3. The fraction of sp³-hybridized carbons (Fsp3) is 0.596. The van der Waals surface area contributed by atoms with Gasteiger partial charge in [-0.05, 0) is 96.3 Å². The van der Waals surface area contributed by atoms with E-state index in [0.29, 0.717) is 23.9 Å². The van der Waals surface area contributed by atoms with Crippen molar-refractivity contribution in [3.63, 3.8) is 0 Å². The molecule has 0 aliphatic rings. The molecule has 344 valence electrons. The summed E-state index contributed by atoms with van der Waals surface area (Å²) in [6.45, 7) is 4.40. The Balaban J connectivity index is 4.56. The summed E-state index contributed by atoms with van der Waals surface area (Å²) in [6, 6.07) is 0. The lowest BCUT2D eigenvalue weighted by atomic mass is 10.1. The number of carbonyl (C=O) groups excluding carboxylic acids is 3. The van der Waals surface area contributed by atoms with Gasteiger partial charge in [0, 0.05) is 12.8 Å². The van der Waals surface area contributed by atoms with Crippen LogP contribution in [0.1, 0.15) is 142 Å². The van der Waals surface area contributed by atoms with E-state index in [2.05, 4.69) is 123 Å². The van der Waals surface area contributed by atoms with Gasteiger partial charge in [-0.15, -0.1) is 0 Å². The highest BCUT2D eigenvalue weighted by Crippen LogP contribution is 2.11. The Kier molecular flexibility index (Phi) is 39.8. The molecule has 0 aromatic rings. The molecule has 0 N–H and O–H groups in total. The summed E-state index contributed by atoms with van der Waals surface area (Å²) in [6.07, 6.45) is 54.1. The summed E-state index contributed by atoms with van der Waals surface area (Å²) in [7, 11) is 5.87. The third kappa shape index (κ3) is 43.8. The molecule has 0 aliphatic heterocycles. The highest BCUT2D eigenvalue weighted by atomic mass is 16.7. The highest BCUT2D eigenvalue weighted by Gasteiger charge is 2.21. The predicted octanol–water partition coefficient (Wildman–Crippen LogP) is 11.1. The second kappa shape index (κ2) is 42.6. The summed E-state index contributed by atoms with van der Waals surface area (Å²) in [4.78, 5) is 37.0. The number of carboxylic acid groups (broad SMARTS) is 1. The van der Waals surface area contributed by atoms with Gasteiger partial charge in [-0.2, -0.15) is 0 Å². The van der Waals surface area contributed by atoms with E-state index in [0.717, 1.165) is 103 Å². The standard InChI is InChI=1S/C52H83NO8/c1-6-8-10-12-14-16-18-20-22-23-24-25-26-27-29-31-33-35-37-39-41-43-50(55)61-48(47-60-52(51(56)57)58-45-44-53(3,4)5)46-59-49(54)42-40-38-36-34-32-30-28-21-19-17-15-13-11-9-7-2/h8-11,14-17,20-22,24-25,27-29,33,35,48,52H,6-7,12-13,18-19,23,26,30-32,34,36-47H2,1-5H3/b10-8-,11-9-,16-14-,17-15-,22-20-,25-24-,28-21-,29-27-,35-33-. The van der Waals surface area contributed by atoms with Gasteiger partial charge in [0.25, 0.3) is 0 Å². The lowest BCUT2D eigenvalue weighted by Gasteiger charge is -2.26. The van der Waals surface area contributed by atoms with E-state index in [1.54, 1.807) is 0 Å². The van der Waals surface area contributed by atoms with Gasteiger partial charge >= 0.3 is 11.9 Å². The minimum atomic E-state index is -1.64. The lowest BCUT2D eigenvalue weighted by molar-refractivity contribution is -0.870. The first-order valence-corrected chi connectivity index (χ1v) is 23.0. The fourth-order valence-corrected chi connectivity index (χ4v) is 5.49. The van der Waals surface area contributed by atoms with Crippen LogP contribution in [0.4, 0.5) is 0 Å². The van der Waals surface area contributed by atoms with Gasteiger partial charge in [-0.1, -0.05) is 142 Å². The van der Waals surface area contributed by atoms with E-state index in [9.17, 15) is 19.5 Å². The zero-order valence-electron chi connectivity index (χ0n) is 38.7. The lowest BCUT2D eigenvalue weighted by Crippen LogP contribution is -2.44. The first kappa shape index (κ1) is 57.0. The summed E-state index contributed by atoms with van der Waals surface area (Å²) in [5.74, 6) is -2.39. The second-order valence-corrected chi connectivity index (χ2v) is 15.9. The van der Waals surface area contributed by atoms with Gasteiger partial charge in [0.05, 0.1) is 40.3 Å². The van der Waals surface area contributed by atoms with Gasteiger partial charge in [-0.25, -0.2) is 0 Å². The number of unbranched alkanes of at least 4 members (excludes halogenated alkanes) is 7. The maximum Gasteiger partial charge on any atom is 0.306 e. The molecule has 2 unspecified atom stereocenters. The molecule has 0 spiro atoms. The topological polar surface area (TPSA) is 111 Å². The number of hydrogen-bond donors (Lipinski definition) is 0. The number of likely N-dealkylation sites (N-methyl/N-ethyl adjacent to an activating group) is 1. The van der Waals surface area contributed by atoms with Crippen LogP contribution in [-0.2, 0) is 33.3 Å². The molecule has 9 nitrogen and oxygen atoms in total. The van der Waals surface area contributed by atoms with Crippen molar-refractivity contribution >= 4 is 17.9 Å². The van der Waals surface area contributed by atoms with Crippen LogP contribution in [-0.4, -0.2) is 82.3 Å². The third-order valence-corrected chi connectivity index (χ3v) is 9.02. The minimum absolute atomic E-state index is 0.129. The molecule has 0 rings (SSSR count). The molecule has 0 aromatic heterocycles. The van der Waals surface area contributed by atoms with Crippen LogP contribution in [0.25, 0.3) is 0 Å². The number of allylic oxidation sites excluding steroid dienone is 18. The first-order valence-electron chi connectivity index (χ1n) is 23.0. The van der Waals surface area contributed by atoms with Crippen molar-refractivity contribution < 1.29 is 42.9 Å². The van der Waals surface area contributed by atoms with Crippen LogP contribution >= 0.6 is 0 Å². The molecule has 0 saturated heterocycles. The number of esters is 2. The molecular weight excluding hydrogens is 767 g/mol. The van der Waals surface area contributed by atoms with Gasteiger partial charge in [0.1, 0.15) is 13.2 Å². The van der Waals surface area contributed by atoms with E-state index < -0.39 is 30.3 Å². The highest BCUT2D eigenvalue weighted by molar-refractivity contribution is 5.70. The summed E-state index contributed by atoms with van der Waals surface area (Å²) >= 11 is 0. The average Bonchev–Trinajstić information content (AvgIpc) is 3.22. The zero-order chi connectivity index (χ0) is 44.9. The minimum Gasteiger partial charge on any atom is -0.545 e. The van der Waals surface area contributed by atoms with Crippen molar-refractivity contribution in [2.45, 2.75) is 155 Å². The molecule has 2 atom stereocenters. The molecule has 0 aliphatic carbocycles. The normalized spacial score (nSPS) is 13.9. The van der Waals surface area contributed by atoms with Gasteiger partial charge in [0.2, 0.25) is 0 Å². The maximum absolute atomic E-state index is 12.8. The van der Waals surface area contributed by atoms with Crippen molar-refractivity contribution in [1.82, 2.24) is 0 Å². The smallest absolute Gasteiger partial charge is 0.306 e. The van der Waals surface area contributed by atoms with Crippen LogP contribution in [0.5, 0.6) is 0 Å². The fourth-order valence-electron chi connectivity index (χ4n) is 5.49. The molecule has 0 heterocycles. The van der Waals surface area contributed by atoms with Crippen molar-refractivity contribution in [1.29, 1.82) is 0 Å². The summed E-state index contributed by atoms with van der Waals surface area (Å²) < 4.78 is 22.5. The average molecular weight is 850 g/mol. The van der Waals surface area contributed by atoms with Crippen molar-refractivity contribution in [3.05, 3.63) is 109 Å². The Hall–Kier alpha value is -4.05. The van der Waals surface area contributed by atoms with E-state index in [1.807, 2.05) is 21.1 Å². The van der Waals surface area contributed by atoms with Crippen molar-refractivity contribution in [2.75, 3.05) is 47.5 Å². The molecule has 0 amide bonds. The quantitative estimate of drug-likeness (QED) is 0.0197. The first-order chi connectivity index (χ1) is 29.6. The van der Waals surface area contributed by atoms with Crippen LogP contribution < -0.4 is 5.11 Å². The van der Waals surface area contributed by atoms with Gasteiger partial charge in [-0.3, -0.25) is 9.59 Å². The summed E-state index contributed by atoms with van der Waals surface area (Å²) in [5, 5.41) is 11.7. The number of ether oxygens (including phenoxy) is 4. The molecule has 0 saturated carbocycles. The molecule has 0 bridgehead atoms. The Morgan fingerprint density at radius 2 is 0.885 bits per heavy atom. The van der Waals surface area contributed by atoms with E-state index in [4.69, 9.17) is 18.9 Å². The number of quaternary nitrogens is 1. The molecule has 9 heteroatoms. The predicted molar refractivity (Wildman–Crippen MR) is 250 cm³/mol. The van der Waals surface area contributed by atoms with Crippen LogP contribution in [0, 0.1) is 0 Å². The molecule has 0 radical (unpaired) electrons. The largest absolute Gasteiger partial charge is 0.545 e. The number of hydrogen-bond acceptors (Lipinski definition) is 8. The molecular formula is C52H83NO8. The van der Waals surface area contributed by atoms with E-state index >= 15 is 0 Å². The number of carboxylic acids is 1. The van der Waals surface area contributed by atoms with Crippen LogP contribution in [0.2, 0.25) is 0 Å². The van der Waals surface area contributed by atoms with E-state index in [1.165, 1.54) is 0 Å².